The number of sulfone groups is 1. The molecule has 0 atom stereocenters. The van der Waals surface area contributed by atoms with E-state index in [0.29, 0.717) is 18.1 Å². The number of hydrogen-bond donors (Lipinski definition) is 0. The molecule has 0 aliphatic heterocycles. The Balaban J connectivity index is 1.97. The van der Waals surface area contributed by atoms with Crippen molar-refractivity contribution in [3.63, 3.8) is 0 Å². The molecule has 2 rings (SSSR count). The molecule has 4 heteroatoms. The van der Waals surface area contributed by atoms with Crippen LogP contribution in [0.2, 0.25) is 0 Å². The Morgan fingerprint density at radius 1 is 1.00 bits per heavy atom. The molecule has 0 amide bonds. The number of ether oxygens (including phenoxy) is 1. The van der Waals surface area contributed by atoms with Gasteiger partial charge in [-0.1, -0.05) is 60.2 Å². The van der Waals surface area contributed by atoms with Crippen LogP contribution in [0.5, 0.6) is 0 Å². The fourth-order valence-corrected chi connectivity index (χ4v) is 3.64. The average molecular weight is 344 g/mol. The van der Waals surface area contributed by atoms with Gasteiger partial charge in [0.15, 0.2) is 9.84 Å². The quantitative estimate of drug-likeness (QED) is 0.555. The molecule has 128 valence electrons. The summed E-state index contributed by atoms with van der Waals surface area (Å²) in [5.74, 6) is 0. The van der Waals surface area contributed by atoms with Crippen molar-refractivity contribution in [2.24, 2.45) is 0 Å². The first-order valence-corrected chi connectivity index (χ1v) is 9.42. The molecule has 0 saturated heterocycles. The molecule has 2 aromatic carbocycles. The number of rotatable bonds is 7. The van der Waals surface area contributed by atoms with E-state index >= 15 is 0 Å². The summed E-state index contributed by atoms with van der Waals surface area (Å²) in [6.07, 6.45) is 3.47. The summed E-state index contributed by atoms with van der Waals surface area (Å²) in [4.78, 5) is 0.341. The van der Waals surface area contributed by atoms with E-state index in [1.807, 2.05) is 49.4 Å². The maximum Gasteiger partial charge on any atom is 0.187 e. The third kappa shape index (κ3) is 4.56. The maximum atomic E-state index is 12.8. The maximum absolute atomic E-state index is 12.8. The molecular formula is C20H24O3S. The van der Waals surface area contributed by atoms with Gasteiger partial charge in [0.25, 0.3) is 0 Å². The highest BCUT2D eigenvalue weighted by molar-refractivity contribution is 7.93. The van der Waals surface area contributed by atoms with Crippen LogP contribution in [0.25, 0.3) is 0 Å². The summed E-state index contributed by atoms with van der Waals surface area (Å²) in [5.41, 5.74) is 2.13. The molecule has 0 fully saturated rings. The van der Waals surface area contributed by atoms with E-state index < -0.39 is 14.6 Å². The zero-order valence-corrected chi connectivity index (χ0v) is 15.2. The van der Waals surface area contributed by atoms with Gasteiger partial charge in [0.05, 0.1) is 22.9 Å². The van der Waals surface area contributed by atoms with Gasteiger partial charge in [-0.15, -0.1) is 0 Å². The molecule has 0 bridgehead atoms. The third-order valence-corrected chi connectivity index (χ3v) is 6.28. The van der Waals surface area contributed by atoms with Crippen LogP contribution in [-0.2, 0) is 21.2 Å². The van der Waals surface area contributed by atoms with Gasteiger partial charge in [-0.05, 0) is 38.5 Å². The molecule has 0 unspecified atom stereocenters. The Kier molecular flexibility index (Phi) is 5.97. The van der Waals surface area contributed by atoms with Gasteiger partial charge in [0.2, 0.25) is 0 Å². The van der Waals surface area contributed by atoms with Crippen LogP contribution >= 0.6 is 0 Å². The minimum atomic E-state index is -3.44. The summed E-state index contributed by atoms with van der Waals surface area (Å²) >= 11 is 0. The van der Waals surface area contributed by atoms with Gasteiger partial charge in [-0.2, -0.15) is 0 Å². The SMILES string of the molecule is Cc1ccc(S(=O)(=O)C(C)(C)/C=C/COCc2ccccc2)cc1. The molecule has 0 aliphatic rings. The normalized spacial score (nSPS) is 12.6. The molecule has 24 heavy (non-hydrogen) atoms. The Morgan fingerprint density at radius 3 is 2.25 bits per heavy atom. The summed E-state index contributed by atoms with van der Waals surface area (Å²) in [7, 11) is -3.44. The van der Waals surface area contributed by atoms with Gasteiger partial charge in [0.1, 0.15) is 0 Å². The van der Waals surface area contributed by atoms with Crippen LogP contribution in [0.4, 0.5) is 0 Å². The van der Waals surface area contributed by atoms with E-state index in [-0.39, 0.29) is 0 Å². The summed E-state index contributed by atoms with van der Waals surface area (Å²) in [6, 6.07) is 16.8. The fourth-order valence-electron chi connectivity index (χ4n) is 2.26. The van der Waals surface area contributed by atoms with E-state index in [9.17, 15) is 8.42 Å². The fraction of sp³-hybridized carbons (Fsp3) is 0.300. The molecule has 0 spiro atoms. The van der Waals surface area contributed by atoms with Crippen molar-refractivity contribution < 1.29 is 13.2 Å². The smallest absolute Gasteiger partial charge is 0.187 e. The third-order valence-electron chi connectivity index (χ3n) is 3.87. The minimum absolute atomic E-state index is 0.341. The van der Waals surface area contributed by atoms with Gasteiger partial charge in [-0.3, -0.25) is 0 Å². The Hall–Kier alpha value is -1.91. The van der Waals surface area contributed by atoms with Gasteiger partial charge < -0.3 is 4.74 Å². The zero-order valence-electron chi connectivity index (χ0n) is 14.4. The van der Waals surface area contributed by atoms with Crippen molar-refractivity contribution in [2.45, 2.75) is 37.0 Å². The predicted molar refractivity (Wildman–Crippen MR) is 97.7 cm³/mol. The zero-order chi connectivity index (χ0) is 17.6. The van der Waals surface area contributed by atoms with Crippen LogP contribution in [0.1, 0.15) is 25.0 Å². The Labute approximate surface area is 144 Å². The number of aryl methyl sites for hydroxylation is 1. The first kappa shape index (κ1) is 18.4. The van der Waals surface area contributed by atoms with Crippen LogP contribution in [0.15, 0.2) is 71.6 Å². The topological polar surface area (TPSA) is 43.4 Å². The standard InChI is InChI=1S/C20H24O3S/c1-17-10-12-19(13-11-17)24(21,22)20(2,3)14-7-15-23-16-18-8-5-4-6-9-18/h4-14H,15-16H2,1-3H3/b14-7+. The largest absolute Gasteiger partial charge is 0.373 e. The summed E-state index contributed by atoms with van der Waals surface area (Å²) in [6.45, 7) is 6.23. The van der Waals surface area contributed by atoms with Crippen molar-refractivity contribution >= 4 is 9.84 Å². The predicted octanol–water partition coefficient (Wildman–Crippen LogP) is 4.32. The molecular weight excluding hydrogens is 320 g/mol. The van der Waals surface area contributed by atoms with E-state index in [0.717, 1.165) is 11.1 Å². The molecule has 0 N–H and O–H groups in total. The first-order valence-electron chi connectivity index (χ1n) is 7.93. The lowest BCUT2D eigenvalue weighted by Gasteiger charge is -2.21. The van der Waals surface area contributed by atoms with Crippen molar-refractivity contribution in [1.82, 2.24) is 0 Å². The molecule has 0 radical (unpaired) electrons. The van der Waals surface area contributed by atoms with Gasteiger partial charge in [0, 0.05) is 0 Å². The van der Waals surface area contributed by atoms with Crippen LogP contribution in [0, 0.1) is 6.92 Å². The monoisotopic (exact) mass is 344 g/mol. The highest BCUT2D eigenvalue weighted by Gasteiger charge is 2.33. The van der Waals surface area contributed by atoms with Gasteiger partial charge in [-0.25, -0.2) is 8.42 Å². The summed E-state index contributed by atoms with van der Waals surface area (Å²) < 4.78 is 30.1. The second kappa shape index (κ2) is 7.77. The van der Waals surface area contributed by atoms with Crippen LogP contribution in [-0.4, -0.2) is 19.8 Å². The highest BCUT2D eigenvalue weighted by atomic mass is 32.2. The first-order chi connectivity index (χ1) is 11.3. The van der Waals surface area contributed by atoms with Crippen molar-refractivity contribution in [3.8, 4) is 0 Å². The molecule has 3 nitrogen and oxygen atoms in total. The molecule has 2 aromatic rings. The lowest BCUT2D eigenvalue weighted by atomic mass is 10.2. The van der Waals surface area contributed by atoms with Crippen LogP contribution in [0.3, 0.4) is 0 Å². The second-order valence-electron chi connectivity index (χ2n) is 6.32. The lowest BCUT2D eigenvalue weighted by molar-refractivity contribution is 0.148. The molecule has 0 heterocycles. The minimum Gasteiger partial charge on any atom is -0.373 e. The second-order valence-corrected chi connectivity index (χ2v) is 8.85. The van der Waals surface area contributed by atoms with Crippen molar-refractivity contribution in [2.75, 3.05) is 6.61 Å². The van der Waals surface area contributed by atoms with E-state index in [4.69, 9.17) is 4.74 Å². The molecule has 0 aromatic heterocycles. The van der Waals surface area contributed by atoms with Crippen molar-refractivity contribution in [3.05, 3.63) is 77.9 Å². The molecule has 0 aliphatic carbocycles. The highest BCUT2D eigenvalue weighted by Crippen LogP contribution is 2.26. The number of benzene rings is 2. The Bertz CT molecular complexity index is 773. The van der Waals surface area contributed by atoms with Crippen molar-refractivity contribution in [1.29, 1.82) is 0 Å². The summed E-state index contributed by atoms with van der Waals surface area (Å²) in [5, 5.41) is 0. The number of hydrogen-bond acceptors (Lipinski definition) is 3. The van der Waals surface area contributed by atoms with Gasteiger partial charge >= 0.3 is 0 Å². The lowest BCUT2D eigenvalue weighted by Crippen LogP contribution is -2.29. The van der Waals surface area contributed by atoms with E-state index in [1.54, 1.807) is 38.1 Å². The molecule has 0 saturated carbocycles. The van der Waals surface area contributed by atoms with E-state index in [1.165, 1.54) is 0 Å². The van der Waals surface area contributed by atoms with E-state index in [2.05, 4.69) is 0 Å². The average Bonchev–Trinajstić information content (AvgIpc) is 2.55. The Morgan fingerprint density at radius 2 is 1.62 bits per heavy atom. The van der Waals surface area contributed by atoms with Crippen LogP contribution < -0.4 is 0 Å².